The number of nitrogens with zero attached hydrogens (tertiary/aromatic N) is 3. The van der Waals surface area contributed by atoms with Gasteiger partial charge in [-0.3, -0.25) is 4.57 Å². The lowest BCUT2D eigenvalue weighted by molar-refractivity contribution is 0.289. The van der Waals surface area contributed by atoms with E-state index in [1.54, 1.807) is 18.2 Å². The summed E-state index contributed by atoms with van der Waals surface area (Å²) in [6, 6.07) is 9.86. The third-order valence-corrected chi connectivity index (χ3v) is 5.77. The fourth-order valence-corrected chi connectivity index (χ4v) is 3.88. The summed E-state index contributed by atoms with van der Waals surface area (Å²) < 4.78 is 21.0. The van der Waals surface area contributed by atoms with Crippen molar-refractivity contribution in [2.24, 2.45) is 0 Å². The van der Waals surface area contributed by atoms with E-state index >= 15 is 0 Å². The summed E-state index contributed by atoms with van der Waals surface area (Å²) in [5.41, 5.74) is 1.77. The summed E-state index contributed by atoms with van der Waals surface area (Å²) in [4.78, 5) is 0. The fourth-order valence-electron chi connectivity index (χ4n) is 2.48. The Kier molecular flexibility index (Phi) is 6.99. The first-order valence-electron chi connectivity index (χ1n) is 8.46. The average molecular weight is 438 g/mol. The third kappa shape index (κ3) is 5.07. The molecule has 0 saturated heterocycles. The Labute approximate surface area is 177 Å². The highest BCUT2D eigenvalue weighted by Crippen LogP contribution is 2.27. The maximum atomic E-state index is 13.2. The van der Waals surface area contributed by atoms with Crippen molar-refractivity contribution >= 4 is 35.0 Å². The highest BCUT2D eigenvalue weighted by atomic mass is 35.5. The van der Waals surface area contributed by atoms with E-state index in [4.69, 9.17) is 27.9 Å². The number of halogens is 3. The summed E-state index contributed by atoms with van der Waals surface area (Å²) in [5.74, 6) is 1.58. The normalized spacial score (nSPS) is 10.9. The van der Waals surface area contributed by atoms with E-state index in [1.165, 1.54) is 23.9 Å². The van der Waals surface area contributed by atoms with Gasteiger partial charge in [0, 0.05) is 22.3 Å². The molecule has 1 heterocycles. The minimum Gasteiger partial charge on any atom is -0.486 e. The van der Waals surface area contributed by atoms with Crippen molar-refractivity contribution in [1.82, 2.24) is 14.8 Å². The van der Waals surface area contributed by atoms with E-state index in [9.17, 15) is 4.39 Å². The molecule has 0 bridgehead atoms. The van der Waals surface area contributed by atoms with Crippen molar-refractivity contribution in [3.63, 3.8) is 0 Å². The third-order valence-electron chi connectivity index (χ3n) is 3.97. The first-order chi connectivity index (χ1) is 13.5. The summed E-state index contributed by atoms with van der Waals surface area (Å²) in [7, 11) is 0. The van der Waals surface area contributed by atoms with Crippen LogP contribution in [0.2, 0.25) is 10.0 Å². The predicted molar refractivity (Wildman–Crippen MR) is 112 cm³/mol. The van der Waals surface area contributed by atoms with Crippen LogP contribution < -0.4 is 4.74 Å². The summed E-state index contributed by atoms with van der Waals surface area (Å²) in [6.45, 7) is 6.53. The SMILES string of the molecule is C=CCn1c(COc2ccc(Cl)c(C)c2)nnc1SCc1ccc(F)cc1Cl. The van der Waals surface area contributed by atoms with Crippen molar-refractivity contribution < 1.29 is 9.13 Å². The van der Waals surface area contributed by atoms with Crippen LogP contribution >= 0.6 is 35.0 Å². The lowest BCUT2D eigenvalue weighted by atomic mass is 10.2. The smallest absolute Gasteiger partial charge is 0.191 e. The van der Waals surface area contributed by atoms with Gasteiger partial charge in [-0.15, -0.1) is 16.8 Å². The molecule has 1 aromatic heterocycles. The Hall–Kier alpha value is -2.02. The molecule has 0 N–H and O–H groups in total. The van der Waals surface area contributed by atoms with E-state index in [0.717, 1.165) is 11.1 Å². The Morgan fingerprint density at radius 2 is 2.00 bits per heavy atom. The number of aromatic nitrogens is 3. The van der Waals surface area contributed by atoms with Crippen LogP contribution in [0.15, 0.2) is 54.2 Å². The fraction of sp³-hybridized carbons (Fsp3) is 0.200. The van der Waals surface area contributed by atoms with Gasteiger partial charge in [0.2, 0.25) is 0 Å². The maximum absolute atomic E-state index is 13.2. The number of hydrogen-bond donors (Lipinski definition) is 0. The average Bonchev–Trinajstić information content (AvgIpc) is 3.04. The molecule has 8 heteroatoms. The van der Waals surface area contributed by atoms with Crippen LogP contribution in [-0.2, 0) is 18.9 Å². The highest BCUT2D eigenvalue weighted by Gasteiger charge is 2.14. The zero-order chi connectivity index (χ0) is 20.1. The van der Waals surface area contributed by atoms with Gasteiger partial charge in [0.25, 0.3) is 0 Å². The second kappa shape index (κ2) is 9.45. The van der Waals surface area contributed by atoms with E-state index < -0.39 is 0 Å². The summed E-state index contributed by atoms with van der Waals surface area (Å²) >= 11 is 13.6. The quantitative estimate of drug-likeness (QED) is 0.315. The van der Waals surface area contributed by atoms with E-state index in [1.807, 2.05) is 23.6 Å². The van der Waals surface area contributed by atoms with Crippen LogP contribution in [-0.4, -0.2) is 14.8 Å². The second-order valence-electron chi connectivity index (χ2n) is 6.02. The largest absolute Gasteiger partial charge is 0.486 e. The van der Waals surface area contributed by atoms with E-state index in [2.05, 4.69) is 16.8 Å². The molecule has 0 saturated carbocycles. The molecule has 0 unspecified atom stereocenters. The number of allylic oxidation sites excluding steroid dienone is 1. The molecule has 0 fully saturated rings. The molecule has 0 aliphatic rings. The first kappa shape index (κ1) is 20.7. The molecule has 3 rings (SSSR count). The van der Waals surface area contributed by atoms with Crippen LogP contribution in [0.4, 0.5) is 4.39 Å². The topological polar surface area (TPSA) is 39.9 Å². The Bertz CT molecular complexity index is 994. The molecule has 0 amide bonds. The highest BCUT2D eigenvalue weighted by molar-refractivity contribution is 7.98. The van der Waals surface area contributed by atoms with Crippen LogP contribution in [0.5, 0.6) is 5.75 Å². The van der Waals surface area contributed by atoms with Gasteiger partial charge >= 0.3 is 0 Å². The number of thioether (sulfide) groups is 1. The summed E-state index contributed by atoms with van der Waals surface area (Å²) in [5, 5.41) is 10.3. The van der Waals surface area contributed by atoms with Gasteiger partial charge in [-0.2, -0.15) is 0 Å². The molecule has 0 radical (unpaired) electrons. The van der Waals surface area contributed by atoms with Gasteiger partial charge in [-0.1, -0.05) is 47.1 Å². The lowest BCUT2D eigenvalue weighted by Gasteiger charge is -2.10. The molecule has 3 aromatic rings. The number of benzene rings is 2. The number of ether oxygens (including phenoxy) is 1. The van der Waals surface area contributed by atoms with Crippen molar-refractivity contribution in [3.8, 4) is 5.75 Å². The van der Waals surface area contributed by atoms with Gasteiger partial charge in [0.05, 0.1) is 0 Å². The molecular formula is C20H18Cl2FN3OS. The van der Waals surface area contributed by atoms with Crippen LogP contribution in [0.1, 0.15) is 17.0 Å². The van der Waals surface area contributed by atoms with Gasteiger partial charge < -0.3 is 4.74 Å². The number of hydrogen-bond acceptors (Lipinski definition) is 4. The molecule has 2 aromatic carbocycles. The van der Waals surface area contributed by atoms with Gasteiger partial charge in [0.1, 0.15) is 18.2 Å². The summed E-state index contributed by atoms with van der Waals surface area (Å²) in [6.07, 6.45) is 1.77. The second-order valence-corrected chi connectivity index (χ2v) is 7.78. The molecule has 0 spiro atoms. The Morgan fingerprint density at radius 1 is 1.18 bits per heavy atom. The van der Waals surface area contributed by atoms with Crippen molar-refractivity contribution in [2.45, 2.75) is 31.0 Å². The Morgan fingerprint density at radius 3 is 2.71 bits per heavy atom. The lowest BCUT2D eigenvalue weighted by Crippen LogP contribution is -2.07. The number of aryl methyl sites for hydroxylation is 1. The molecule has 0 aliphatic heterocycles. The first-order valence-corrected chi connectivity index (χ1v) is 10.2. The monoisotopic (exact) mass is 437 g/mol. The van der Waals surface area contributed by atoms with Crippen LogP contribution in [0, 0.1) is 12.7 Å². The standard InChI is InChI=1S/C20H18Cl2FN3OS/c1-3-8-26-19(11-27-16-6-7-17(21)13(2)9-16)24-25-20(26)28-12-14-4-5-15(23)10-18(14)22/h3-7,9-10H,1,8,11-12H2,2H3. The van der Waals surface area contributed by atoms with Crippen LogP contribution in [0.3, 0.4) is 0 Å². The molecule has 28 heavy (non-hydrogen) atoms. The van der Waals surface area contributed by atoms with Gasteiger partial charge in [-0.25, -0.2) is 4.39 Å². The molecule has 4 nitrogen and oxygen atoms in total. The van der Waals surface area contributed by atoms with Crippen molar-refractivity contribution in [2.75, 3.05) is 0 Å². The minimum atomic E-state index is -0.356. The van der Waals surface area contributed by atoms with Gasteiger partial charge in [0.15, 0.2) is 11.0 Å². The van der Waals surface area contributed by atoms with E-state index in [0.29, 0.717) is 39.1 Å². The van der Waals surface area contributed by atoms with Crippen LogP contribution in [0.25, 0.3) is 0 Å². The van der Waals surface area contributed by atoms with Gasteiger partial charge in [-0.05, 0) is 48.4 Å². The Balaban J connectivity index is 1.71. The molecule has 146 valence electrons. The zero-order valence-electron chi connectivity index (χ0n) is 15.2. The number of rotatable bonds is 8. The minimum absolute atomic E-state index is 0.264. The zero-order valence-corrected chi connectivity index (χ0v) is 17.5. The predicted octanol–water partition coefficient (Wildman–Crippen LogP) is 6.09. The van der Waals surface area contributed by atoms with E-state index in [-0.39, 0.29) is 12.4 Å². The van der Waals surface area contributed by atoms with Crippen molar-refractivity contribution in [3.05, 3.63) is 81.9 Å². The molecule has 0 atom stereocenters. The molecular weight excluding hydrogens is 420 g/mol. The van der Waals surface area contributed by atoms with Crippen molar-refractivity contribution in [1.29, 1.82) is 0 Å². The molecule has 0 aliphatic carbocycles. The maximum Gasteiger partial charge on any atom is 0.191 e.